The zero-order valence-corrected chi connectivity index (χ0v) is 15.0. The second-order valence-electron chi connectivity index (χ2n) is 5.74. The molecule has 1 unspecified atom stereocenters. The molecule has 1 fully saturated rings. The first kappa shape index (κ1) is 16.9. The summed E-state index contributed by atoms with van der Waals surface area (Å²) in [6.45, 7) is 1.94. The molecule has 0 saturated carbocycles. The van der Waals surface area contributed by atoms with E-state index in [2.05, 4.69) is 10.3 Å². The number of carbonyl (C=O) groups is 1. The Balaban J connectivity index is 1.75. The molecule has 1 aromatic heterocycles. The SMILES string of the molecule is COc1ccc(-c2nc(NC(=O)C3CCS(=O)(=O)C3)sc2C)cc1. The van der Waals surface area contributed by atoms with E-state index in [4.69, 9.17) is 4.74 Å². The third-order valence-corrected chi connectivity index (χ3v) is 6.65. The van der Waals surface area contributed by atoms with Crippen molar-refractivity contribution in [2.24, 2.45) is 5.92 Å². The molecular formula is C16H18N2O4S2. The average molecular weight is 366 g/mol. The van der Waals surface area contributed by atoms with E-state index >= 15 is 0 Å². The molecule has 0 bridgehead atoms. The number of rotatable bonds is 4. The number of sulfone groups is 1. The lowest BCUT2D eigenvalue weighted by Gasteiger charge is -2.06. The molecule has 0 radical (unpaired) electrons. The number of nitrogens with one attached hydrogen (secondary N) is 1. The Bertz CT molecular complexity index is 857. The van der Waals surface area contributed by atoms with Crippen LogP contribution in [0.2, 0.25) is 0 Å². The highest BCUT2D eigenvalue weighted by Gasteiger charge is 2.33. The summed E-state index contributed by atoms with van der Waals surface area (Å²) in [6, 6.07) is 7.54. The molecule has 1 amide bonds. The predicted molar refractivity (Wildman–Crippen MR) is 94.2 cm³/mol. The highest BCUT2D eigenvalue weighted by molar-refractivity contribution is 7.91. The first-order chi connectivity index (χ1) is 11.4. The zero-order valence-electron chi connectivity index (χ0n) is 13.4. The van der Waals surface area contributed by atoms with E-state index in [0.717, 1.165) is 21.9 Å². The van der Waals surface area contributed by atoms with Crippen molar-refractivity contribution in [3.05, 3.63) is 29.1 Å². The normalized spacial score (nSPS) is 19.2. The Hall–Kier alpha value is -1.93. The largest absolute Gasteiger partial charge is 0.497 e. The Morgan fingerprint density at radius 1 is 1.33 bits per heavy atom. The molecule has 1 aliphatic rings. The van der Waals surface area contributed by atoms with E-state index in [1.165, 1.54) is 11.3 Å². The van der Waals surface area contributed by atoms with E-state index in [1.807, 2.05) is 31.2 Å². The molecule has 2 heterocycles. The van der Waals surface area contributed by atoms with Gasteiger partial charge in [-0.1, -0.05) is 0 Å². The van der Waals surface area contributed by atoms with Gasteiger partial charge in [-0.3, -0.25) is 4.79 Å². The molecule has 1 saturated heterocycles. The van der Waals surface area contributed by atoms with Crippen molar-refractivity contribution in [2.75, 3.05) is 23.9 Å². The number of ether oxygens (including phenoxy) is 1. The number of amides is 1. The van der Waals surface area contributed by atoms with Crippen molar-refractivity contribution in [1.29, 1.82) is 0 Å². The van der Waals surface area contributed by atoms with Gasteiger partial charge in [0.05, 0.1) is 30.2 Å². The van der Waals surface area contributed by atoms with Crippen molar-refractivity contribution in [1.82, 2.24) is 4.98 Å². The lowest BCUT2D eigenvalue weighted by Crippen LogP contribution is -2.23. The van der Waals surface area contributed by atoms with E-state index < -0.39 is 15.8 Å². The Kier molecular flexibility index (Phi) is 4.60. The Morgan fingerprint density at radius 3 is 2.62 bits per heavy atom. The zero-order chi connectivity index (χ0) is 17.3. The molecular weight excluding hydrogens is 348 g/mol. The van der Waals surface area contributed by atoms with Crippen LogP contribution in [0.4, 0.5) is 5.13 Å². The van der Waals surface area contributed by atoms with Gasteiger partial charge in [-0.2, -0.15) is 0 Å². The van der Waals surface area contributed by atoms with Gasteiger partial charge in [0.2, 0.25) is 5.91 Å². The van der Waals surface area contributed by atoms with Gasteiger partial charge in [0.1, 0.15) is 5.75 Å². The van der Waals surface area contributed by atoms with Crippen LogP contribution in [0.25, 0.3) is 11.3 Å². The molecule has 1 aliphatic heterocycles. The fourth-order valence-electron chi connectivity index (χ4n) is 2.68. The van der Waals surface area contributed by atoms with Crippen LogP contribution in [0.3, 0.4) is 0 Å². The number of carbonyl (C=O) groups excluding carboxylic acids is 1. The van der Waals surface area contributed by atoms with Gasteiger partial charge >= 0.3 is 0 Å². The molecule has 1 atom stereocenters. The molecule has 8 heteroatoms. The van der Waals surface area contributed by atoms with Crippen molar-refractivity contribution >= 4 is 32.2 Å². The van der Waals surface area contributed by atoms with Gasteiger partial charge in [0.25, 0.3) is 0 Å². The lowest BCUT2D eigenvalue weighted by atomic mass is 10.1. The number of anilines is 1. The number of aromatic nitrogens is 1. The summed E-state index contributed by atoms with van der Waals surface area (Å²) in [5.41, 5.74) is 1.74. The molecule has 0 aliphatic carbocycles. The van der Waals surface area contributed by atoms with Crippen LogP contribution in [0.1, 0.15) is 11.3 Å². The molecule has 2 aromatic rings. The van der Waals surface area contributed by atoms with Gasteiger partial charge in [-0.15, -0.1) is 11.3 Å². The fraction of sp³-hybridized carbons (Fsp3) is 0.375. The Labute approximate surface area is 144 Å². The van der Waals surface area contributed by atoms with Crippen LogP contribution in [0, 0.1) is 12.8 Å². The predicted octanol–water partition coefficient (Wildman–Crippen LogP) is 2.50. The first-order valence-electron chi connectivity index (χ1n) is 7.51. The summed E-state index contributed by atoms with van der Waals surface area (Å²) in [4.78, 5) is 17.7. The minimum Gasteiger partial charge on any atom is -0.497 e. The highest BCUT2D eigenvalue weighted by Crippen LogP contribution is 2.32. The summed E-state index contributed by atoms with van der Waals surface area (Å²) in [5.74, 6) is 0.0190. The number of hydrogen-bond donors (Lipinski definition) is 1. The smallest absolute Gasteiger partial charge is 0.230 e. The summed E-state index contributed by atoms with van der Waals surface area (Å²) in [6.07, 6.45) is 0.379. The maximum absolute atomic E-state index is 12.2. The second kappa shape index (κ2) is 6.52. The molecule has 1 N–H and O–H groups in total. The number of aryl methyl sites for hydroxylation is 1. The number of methoxy groups -OCH3 is 1. The standard InChI is InChI=1S/C16H18N2O4S2/c1-10-14(11-3-5-13(22-2)6-4-11)17-16(23-10)18-15(19)12-7-8-24(20,21)9-12/h3-6,12H,7-9H2,1-2H3,(H,17,18,19). The molecule has 0 spiro atoms. The quantitative estimate of drug-likeness (QED) is 0.899. The van der Waals surface area contributed by atoms with E-state index in [9.17, 15) is 13.2 Å². The number of hydrogen-bond acceptors (Lipinski definition) is 6. The third-order valence-electron chi connectivity index (χ3n) is 3.99. The van der Waals surface area contributed by atoms with Gasteiger partial charge in [-0.05, 0) is 37.6 Å². The fourth-order valence-corrected chi connectivity index (χ4v) is 5.26. The minimum atomic E-state index is -3.08. The third kappa shape index (κ3) is 3.59. The molecule has 3 rings (SSSR count). The molecule has 24 heavy (non-hydrogen) atoms. The van der Waals surface area contributed by atoms with Gasteiger partial charge in [-0.25, -0.2) is 13.4 Å². The minimum absolute atomic E-state index is 0.0749. The molecule has 1 aromatic carbocycles. The van der Waals surface area contributed by atoms with Crippen molar-refractivity contribution in [3.8, 4) is 17.0 Å². The summed E-state index contributed by atoms with van der Waals surface area (Å²) in [5, 5.41) is 3.25. The van der Waals surface area contributed by atoms with Crippen molar-refractivity contribution in [2.45, 2.75) is 13.3 Å². The van der Waals surface area contributed by atoms with Crippen LogP contribution in [0.15, 0.2) is 24.3 Å². The number of nitrogens with zero attached hydrogens (tertiary/aromatic N) is 1. The van der Waals surface area contributed by atoms with Crippen LogP contribution in [-0.2, 0) is 14.6 Å². The Morgan fingerprint density at radius 2 is 2.04 bits per heavy atom. The summed E-state index contributed by atoms with van der Waals surface area (Å²) >= 11 is 1.38. The van der Waals surface area contributed by atoms with Crippen LogP contribution < -0.4 is 10.1 Å². The molecule has 128 valence electrons. The van der Waals surface area contributed by atoms with Crippen molar-refractivity contribution in [3.63, 3.8) is 0 Å². The second-order valence-corrected chi connectivity index (χ2v) is 9.17. The van der Waals surface area contributed by atoms with Gasteiger partial charge in [0, 0.05) is 10.4 Å². The highest BCUT2D eigenvalue weighted by atomic mass is 32.2. The van der Waals surface area contributed by atoms with Gasteiger partial charge < -0.3 is 10.1 Å². The van der Waals surface area contributed by atoms with E-state index in [0.29, 0.717) is 11.6 Å². The van der Waals surface area contributed by atoms with E-state index in [-0.39, 0.29) is 17.4 Å². The molecule has 6 nitrogen and oxygen atoms in total. The van der Waals surface area contributed by atoms with Gasteiger partial charge in [0.15, 0.2) is 15.0 Å². The maximum atomic E-state index is 12.2. The number of thiazole rings is 1. The average Bonchev–Trinajstić information content (AvgIpc) is 3.09. The van der Waals surface area contributed by atoms with Crippen molar-refractivity contribution < 1.29 is 17.9 Å². The summed E-state index contributed by atoms with van der Waals surface area (Å²) < 4.78 is 28.1. The maximum Gasteiger partial charge on any atom is 0.230 e. The topological polar surface area (TPSA) is 85.4 Å². The van der Waals surface area contributed by atoms with Crippen LogP contribution in [0.5, 0.6) is 5.75 Å². The lowest BCUT2D eigenvalue weighted by molar-refractivity contribution is -0.119. The first-order valence-corrected chi connectivity index (χ1v) is 10.1. The van der Waals surface area contributed by atoms with Crippen LogP contribution >= 0.6 is 11.3 Å². The number of benzene rings is 1. The van der Waals surface area contributed by atoms with Crippen LogP contribution in [-0.4, -0.2) is 37.9 Å². The monoisotopic (exact) mass is 366 g/mol. The summed E-state index contributed by atoms with van der Waals surface area (Å²) in [7, 11) is -1.46. The van der Waals surface area contributed by atoms with E-state index in [1.54, 1.807) is 7.11 Å².